The van der Waals surface area contributed by atoms with Crippen LogP contribution in [0, 0.1) is 5.41 Å². The van der Waals surface area contributed by atoms with Crippen molar-refractivity contribution >= 4 is 22.6 Å². The van der Waals surface area contributed by atoms with E-state index in [1.807, 2.05) is 12.1 Å². The summed E-state index contributed by atoms with van der Waals surface area (Å²) in [5, 5.41) is 7.96. The summed E-state index contributed by atoms with van der Waals surface area (Å²) in [6.45, 7) is 6.85. The van der Waals surface area contributed by atoms with Crippen LogP contribution in [0.1, 0.15) is 30.3 Å². The van der Waals surface area contributed by atoms with Crippen LogP contribution in [0.3, 0.4) is 0 Å². The van der Waals surface area contributed by atoms with Gasteiger partial charge in [0.1, 0.15) is 11.7 Å². The number of fused-ring (bicyclic) bond motifs is 1. The molecule has 1 aliphatic rings. The molecule has 2 heterocycles. The predicted molar refractivity (Wildman–Crippen MR) is 120 cm³/mol. The molecule has 1 aromatic heterocycles. The topological polar surface area (TPSA) is 74.2 Å². The number of aryl methyl sites for hydroxylation is 2. The third kappa shape index (κ3) is 3.98. The van der Waals surface area contributed by atoms with Crippen LogP contribution in [-0.4, -0.2) is 46.5 Å². The van der Waals surface area contributed by atoms with E-state index in [1.54, 1.807) is 0 Å². The van der Waals surface area contributed by atoms with Gasteiger partial charge in [0, 0.05) is 44.5 Å². The molecule has 2 aromatic carbocycles. The molecular weight excluding hydrogens is 360 g/mol. The second-order valence-electron chi connectivity index (χ2n) is 7.85. The highest BCUT2D eigenvalue weighted by Crippen LogP contribution is 2.25. The zero-order chi connectivity index (χ0) is 20.4. The van der Waals surface area contributed by atoms with Gasteiger partial charge in [-0.15, -0.1) is 0 Å². The van der Waals surface area contributed by atoms with Crippen LogP contribution in [0.15, 0.2) is 42.5 Å². The molecule has 6 heteroatoms. The van der Waals surface area contributed by atoms with E-state index in [2.05, 4.69) is 58.7 Å². The Morgan fingerprint density at radius 3 is 2.55 bits per heavy atom. The van der Waals surface area contributed by atoms with Crippen LogP contribution in [0.2, 0.25) is 0 Å². The van der Waals surface area contributed by atoms with Gasteiger partial charge < -0.3 is 15.2 Å². The summed E-state index contributed by atoms with van der Waals surface area (Å²) < 4.78 is 2.20. The first kappa shape index (κ1) is 19.5. The van der Waals surface area contributed by atoms with Crippen molar-refractivity contribution in [3.8, 4) is 0 Å². The van der Waals surface area contributed by atoms with Gasteiger partial charge in [0.15, 0.2) is 0 Å². The Kier molecular flexibility index (Phi) is 5.53. The van der Waals surface area contributed by atoms with Crippen LogP contribution < -0.4 is 10.6 Å². The van der Waals surface area contributed by atoms with Gasteiger partial charge in [-0.25, -0.2) is 4.98 Å². The Morgan fingerprint density at radius 1 is 1.10 bits per heavy atom. The maximum atomic E-state index is 7.96. The molecule has 0 bridgehead atoms. The van der Waals surface area contributed by atoms with Gasteiger partial charge in [-0.3, -0.25) is 10.3 Å². The minimum atomic E-state index is 0.144. The fraction of sp³-hybridized carbons (Fsp3) is 0.391. The highest BCUT2D eigenvalue weighted by Gasteiger charge is 2.22. The SMILES string of the molecule is CCCc1ccc(C(=N)N)c(N2CCN(Cc3nc4ccccc4n3C)CC2)c1. The highest BCUT2D eigenvalue weighted by molar-refractivity contribution is 6.00. The lowest BCUT2D eigenvalue weighted by molar-refractivity contribution is 0.242. The van der Waals surface area contributed by atoms with Crippen LogP contribution in [0.5, 0.6) is 0 Å². The van der Waals surface area contributed by atoms with Crippen molar-refractivity contribution < 1.29 is 0 Å². The molecule has 0 aliphatic carbocycles. The lowest BCUT2D eigenvalue weighted by atomic mass is 10.0. The Hall–Kier alpha value is -2.86. The number of aromatic nitrogens is 2. The molecule has 0 saturated carbocycles. The highest BCUT2D eigenvalue weighted by atomic mass is 15.3. The van der Waals surface area contributed by atoms with E-state index >= 15 is 0 Å². The third-order valence-corrected chi connectivity index (χ3v) is 5.85. The number of nitrogen functional groups attached to an aromatic ring is 1. The summed E-state index contributed by atoms with van der Waals surface area (Å²) >= 11 is 0. The molecule has 3 N–H and O–H groups in total. The Morgan fingerprint density at radius 2 is 1.86 bits per heavy atom. The van der Waals surface area contributed by atoms with Gasteiger partial charge in [0.05, 0.1) is 17.6 Å². The average molecular weight is 391 g/mol. The number of rotatable bonds is 6. The minimum absolute atomic E-state index is 0.144. The van der Waals surface area contributed by atoms with E-state index in [0.717, 1.165) is 68.2 Å². The summed E-state index contributed by atoms with van der Waals surface area (Å²) in [6.07, 6.45) is 2.17. The fourth-order valence-electron chi connectivity index (χ4n) is 4.19. The molecule has 152 valence electrons. The van der Waals surface area contributed by atoms with Gasteiger partial charge in [0.25, 0.3) is 0 Å². The van der Waals surface area contributed by atoms with Crippen molar-refractivity contribution in [3.05, 3.63) is 59.4 Å². The zero-order valence-electron chi connectivity index (χ0n) is 17.4. The molecule has 0 radical (unpaired) electrons. The third-order valence-electron chi connectivity index (χ3n) is 5.85. The smallest absolute Gasteiger partial charge is 0.124 e. The number of nitrogens with zero attached hydrogens (tertiary/aromatic N) is 4. The standard InChI is InChI=1S/C23H30N6/c1-3-6-17-9-10-18(23(24)25)21(15-17)29-13-11-28(12-14-29)16-22-26-19-7-4-5-8-20(19)27(22)2/h4-5,7-10,15H,3,6,11-14,16H2,1-2H3,(H3,24,25). The number of nitrogens with two attached hydrogens (primary N) is 1. The van der Waals surface area contributed by atoms with E-state index in [9.17, 15) is 0 Å². The van der Waals surface area contributed by atoms with Crippen LogP contribution in [0.4, 0.5) is 5.69 Å². The van der Waals surface area contributed by atoms with E-state index in [0.29, 0.717) is 0 Å². The lowest BCUT2D eigenvalue weighted by Gasteiger charge is -2.37. The molecule has 0 amide bonds. The van der Waals surface area contributed by atoms with Gasteiger partial charge >= 0.3 is 0 Å². The predicted octanol–water partition coefficient (Wildman–Crippen LogP) is 3.13. The van der Waals surface area contributed by atoms with Crippen molar-refractivity contribution in [1.82, 2.24) is 14.5 Å². The summed E-state index contributed by atoms with van der Waals surface area (Å²) in [5.74, 6) is 1.25. The number of para-hydroxylation sites is 2. The quantitative estimate of drug-likeness (QED) is 0.501. The number of hydrogen-bond donors (Lipinski definition) is 2. The van der Waals surface area contributed by atoms with E-state index in [1.165, 1.54) is 11.1 Å². The molecule has 4 rings (SSSR count). The maximum absolute atomic E-state index is 7.96. The van der Waals surface area contributed by atoms with Crippen molar-refractivity contribution in [2.24, 2.45) is 12.8 Å². The summed E-state index contributed by atoms with van der Waals surface area (Å²) in [6, 6.07) is 14.6. The summed E-state index contributed by atoms with van der Waals surface area (Å²) in [5.41, 5.74) is 11.4. The fourth-order valence-corrected chi connectivity index (χ4v) is 4.19. The lowest BCUT2D eigenvalue weighted by Crippen LogP contribution is -2.46. The molecule has 29 heavy (non-hydrogen) atoms. The number of nitrogens with one attached hydrogen (secondary N) is 1. The monoisotopic (exact) mass is 390 g/mol. The Balaban J connectivity index is 1.47. The van der Waals surface area contributed by atoms with Gasteiger partial charge in [-0.05, 0) is 36.2 Å². The average Bonchev–Trinajstić information content (AvgIpc) is 3.04. The Bertz CT molecular complexity index is 1010. The van der Waals surface area contributed by atoms with E-state index < -0.39 is 0 Å². The van der Waals surface area contributed by atoms with Gasteiger partial charge in [0.2, 0.25) is 0 Å². The van der Waals surface area contributed by atoms with Crippen LogP contribution in [0.25, 0.3) is 11.0 Å². The molecule has 0 spiro atoms. The first-order valence-electron chi connectivity index (χ1n) is 10.4. The van der Waals surface area contributed by atoms with Crippen LogP contribution >= 0.6 is 0 Å². The first-order valence-corrected chi connectivity index (χ1v) is 10.4. The summed E-state index contributed by atoms with van der Waals surface area (Å²) in [4.78, 5) is 9.65. The van der Waals surface area contributed by atoms with E-state index in [-0.39, 0.29) is 5.84 Å². The molecule has 0 unspecified atom stereocenters. The molecule has 3 aromatic rings. The number of piperazine rings is 1. The van der Waals surface area contributed by atoms with Gasteiger partial charge in [-0.2, -0.15) is 0 Å². The first-order chi connectivity index (χ1) is 14.1. The molecule has 0 atom stereocenters. The minimum Gasteiger partial charge on any atom is -0.384 e. The van der Waals surface area contributed by atoms with Crippen molar-refractivity contribution in [1.29, 1.82) is 5.41 Å². The number of hydrogen-bond acceptors (Lipinski definition) is 4. The molecule has 6 nitrogen and oxygen atoms in total. The Labute approximate surface area is 172 Å². The number of benzene rings is 2. The number of anilines is 1. The van der Waals surface area contributed by atoms with Crippen molar-refractivity contribution in [2.45, 2.75) is 26.3 Å². The molecule has 1 saturated heterocycles. The largest absolute Gasteiger partial charge is 0.384 e. The van der Waals surface area contributed by atoms with Crippen LogP contribution in [-0.2, 0) is 20.0 Å². The molecular formula is C23H30N6. The van der Waals surface area contributed by atoms with Crippen molar-refractivity contribution in [3.63, 3.8) is 0 Å². The second-order valence-corrected chi connectivity index (χ2v) is 7.85. The van der Waals surface area contributed by atoms with Crippen molar-refractivity contribution in [2.75, 3.05) is 31.1 Å². The molecule has 1 aliphatic heterocycles. The van der Waals surface area contributed by atoms with E-state index in [4.69, 9.17) is 16.1 Å². The zero-order valence-corrected chi connectivity index (χ0v) is 17.4. The second kappa shape index (κ2) is 8.25. The number of amidine groups is 1. The number of imidazole rings is 1. The van der Waals surface area contributed by atoms with Gasteiger partial charge in [-0.1, -0.05) is 31.5 Å². The maximum Gasteiger partial charge on any atom is 0.124 e. The summed E-state index contributed by atoms with van der Waals surface area (Å²) in [7, 11) is 2.10. The molecule has 1 fully saturated rings. The normalized spacial score (nSPS) is 15.2.